The molecule has 1 aromatic carbocycles. The van der Waals surface area contributed by atoms with Gasteiger partial charge in [0.15, 0.2) is 5.65 Å². The number of hydrogen-bond donors (Lipinski definition) is 0. The van der Waals surface area contributed by atoms with E-state index in [1.54, 1.807) is 18.6 Å². The largest absolute Gasteiger partial charge is 0.476 e. The van der Waals surface area contributed by atoms with Crippen LogP contribution in [0.2, 0.25) is 0 Å². The molecule has 6 nitrogen and oxygen atoms in total. The summed E-state index contributed by atoms with van der Waals surface area (Å²) in [5.74, 6) is 0.344. The lowest BCUT2D eigenvalue weighted by atomic mass is 10.1. The highest BCUT2D eigenvalue weighted by Crippen LogP contribution is 2.24. The van der Waals surface area contributed by atoms with E-state index >= 15 is 0 Å². The van der Waals surface area contributed by atoms with Crippen LogP contribution in [0.4, 0.5) is 0 Å². The second-order valence-electron chi connectivity index (χ2n) is 5.42. The second-order valence-corrected chi connectivity index (χ2v) is 5.42. The fourth-order valence-corrected chi connectivity index (χ4v) is 2.26. The quantitative estimate of drug-likeness (QED) is 0.668. The number of aromatic nitrogens is 3. The Balaban J connectivity index is 0.00000208. The van der Waals surface area contributed by atoms with Crippen LogP contribution < -0.4 is 10.3 Å². The molecule has 2 heterocycles. The zero-order valence-electron chi connectivity index (χ0n) is 13.5. The van der Waals surface area contributed by atoms with Crippen LogP contribution in [0.15, 0.2) is 53.7 Å². The maximum Gasteiger partial charge on any atom is 0.269 e. The molecule has 0 aliphatic heterocycles. The molecule has 24 heavy (non-hydrogen) atoms. The van der Waals surface area contributed by atoms with Gasteiger partial charge in [-0.2, -0.15) is 4.98 Å². The van der Waals surface area contributed by atoms with E-state index in [9.17, 15) is 4.79 Å². The monoisotopic (exact) mass is 390 g/mol. The summed E-state index contributed by atoms with van der Waals surface area (Å²) in [6, 6.07) is 9.45. The first-order valence-corrected chi connectivity index (χ1v) is 7.36. The molecule has 0 N–H and O–H groups in total. The molecule has 3 aromatic rings. The third kappa shape index (κ3) is 3.80. The Labute approximate surface area is 150 Å². The number of rotatable bonds is 5. The van der Waals surface area contributed by atoms with Gasteiger partial charge in [0.25, 0.3) is 5.56 Å². The summed E-state index contributed by atoms with van der Waals surface area (Å²) in [6.07, 6.45) is 4.73. The van der Waals surface area contributed by atoms with Crippen molar-refractivity contribution in [1.29, 1.82) is 0 Å². The lowest BCUT2D eigenvalue weighted by molar-refractivity contribution is 0.255. The van der Waals surface area contributed by atoms with Crippen LogP contribution in [0.3, 0.4) is 0 Å². The average molecular weight is 391 g/mol. The maximum absolute atomic E-state index is 12.9. The van der Waals surface area contributed by atoms with Crippen molar-refractivity contribution in [1.82, 2.24) is 19.3 Å². The van der Waals surface area contributed by atoms with Crippen LogP contribution in [0.25, 0.3) is 16.8 Å². The van der Waals surface area contributed by atoms with Gasteiger partial charge in [-0.1, -0.05) is 30.3 Å². The Morgan fingerprint density at radius 3 is 2.67 bits per heavy atom. The van der Waals surface area contributed by atoms with Crippen LogP contribution in [0.1, 0.15) is 0 Å². The van der Waals surface area contributed by atoms with E-state index in [0.717, 1.165) is 12.1 Å². The fraction of sp³-hybridized carbons (Fsp3) is 0.235. The van der Waals surface area contributed by atoms with Crippen molar-refractivity contribution in [3.8, 4) is 17.0 Å². The summed E-state index contributed by atoms with van der Waals surface area (Å²) in [4.78, 5) is 23.4. The molecule has 3 rings (SSSR count). The lowest BCUT2D eigenvalue weighted by Gasteiger charge is -2.14. The molecule has 7 heteroatoms. The van der Waals surface area contributed by atoms with E-state index in [-0.39, 0.29) is 22.5 Å². The summed E-state index contributed by atoms with van der Waals surface area (Å²) in [5.41, 5.74) is 1.56. The molecule has 0 amide bonds. The third-order valence-corrected chi connectivity index (χ3v) is 3.44. The molecule has 0 aliphatic carbocycles. The van der Waals surface area contributed by atoms with Gasteiger partial charge < -0.3 is 9.64 Å². The smallest absolute Gasteiger partial charge is 0.269 e. The second kappa shape index (κ2) is 8.03. The van der Waals surface area contributed by atoms with Crippen molar-refractivity contribution in [3.05, 3.63) is 59.3 Å². The van der Waals surface area contributed by atoms with E-state index in [2.05, 4.69) is 9.97 Å². The van der Waals surface area contributed by atoms with E-state index in [1.807, 2.05) is 49.3 Å². The zero-order chi connectivity index (χ0) is 16.2. The Morgan fingerprint density at radius 1 is 1.21 bits per heavy atom. The summed E-state index contributed by atoms with van der Waals surface area (Å²) >= 11 is 0. The molecular weight excluding hydrogens is 372 g/mol. The van der Waals surface area contributed by atoms with E-state index < -0.39 is 0 Å². The molecule has 0 atom stereocenters. The number of nitrogens with zero attached hydrogens (tertiary/aromatic N) is 4. The van der Waals surface area contributed by atoms with Crippen LogP contribution in [0.5, 0.6) is 5.88 Å². The van der Waals surface area contributed by atoms with Gasteiger partial charge >= 0.3 is 0 Å². The van der Waals surface area contributed by atoms with E-state index in [0.29, 0.717) is 23.7 Å². The minimum Gasteiger partial charge on any atom is -0.476 e. The first-order chi connectivity index (χ1) is 11.2. The number of halogens is 1. The molecule has 126 valence electrons. The van der Waals surface area contributed by atoms with Crippen molar-refractivity contribution in [2.45, 2.75) is 0 Å². The normalized spacial score (nSPS) is 10.6. The van der Waals surface area contributed by atoms with E-state index in [4.69, 9.17) is 4.74 Å². The first kappa shape index (κ1) is 18.1. The molecule has 0 saturated heterocycles. The predicted octanol–water partition coefficient (Wildman–Crippen LogP) is 2.27. The molecule has 0 bridgehead atoms. The van der Waals surface area contributed by atoms with Crippen molar-refractivity contribution in [2.75, 3.05) is 27.2 Å². The predicted molar refractivity (Wildman–Crippen MR) is 99.1 cm³/mol. The Hall–Kier alpha value is -2.25. The maximum atomic E-state index is 12.9. The van der Waals surface area contributed by atoms with Gasteiger partial charge in [-0.3, -0.25) is 14.2 Å². The highest BCUT2D eigenvalue weighted by molar-refractivity contribution is 8.93. The molecule has 0 saturated carbocycles. The number of hydrogen-bond acceptors (Lipinski definition) is 5. The Bertz CT molecular complexity index is 865. The van der Waals surface area contributed by atoms with E-state index in [1.165, 1.54) is 4.40 Å². The number of fused-ring (bicyclic) bond motifs is 1. The van der Waals surface area contributed by atoms with Crippen molar-refractivity contribution in [3.63, 3.8) is 0 Å². The molecule has 0 fully saturated rings. The fourth-order valence-electron chi connectivity index (χ4n) is 2.26. The summed E-state index contributed by atoms with van der Waals surface area (Å²) < 4.78 is 7.28. The van der Waals surface area contributed by atoms with Gasteiger partial charge in [0, 0.05) is 18.9 Å². The average Bonchev–Trinajstić information content (AvgIpc) is 2.55. The van der Waals surface area contributed by atoms with Gasteiger partial charge in [0.05, 0.1) is 6.20 Å². The zero-order valence-corrected chi connectivity index (χ0v) is 15.3. The van der Waals surface area contributed by atoms with Crippen molar-refractivity contribution >= 4 is 22.6 Å². The van der Waals surface area contributed by atoms with Gasteiger partial charge in [-0.05, 0) is 19.7 Å². The molecule has 0 radical (unpaired) electrons. The standard InChI is InChI=1S/C17H18N4O2.BrH/c1-20(2)10-11-23-16-15(13-6-4-3-5-7-13)17(22)21-9-8-18-12-14(21)19-16;/h3-9,12H,10-11H2,1-2H3;1H. The highest BCUT2D eigenvalue weighted by Gasteiger charge is 2.16. The third-order valence-electron chi connectivity index (χ3n) is 3.44. The van der Waals surface area contributed by atoms with Crippen LogP contribution in [0, 0.1) is 0 Å². The van der Waals surface area contributed by atoms with Gasteiger partial charge in [-0.25, -0.2) is 0 Å². The van der Waals surface area contributed by atoms with Crippen molar-refractivity contribution < 1.29 is 4.74 Å². The molecular formula is C17H19BrN4O2. The van der Waals surface area contributed by atoms with Crippen LogP contribution in [-0.4, -0.2) is 46.5 Å². The molecule has 0 unspecified atom stereocenters. The van der Waals surface area contributed by atoms with Crippen LogP contribution >= 0.6 is 17.0 Å². The summed E-state index contributed by atoms with van der Waals surface area (Å²) in [6.45, 7) is 1.19. The van der Waals surface area contributed by atoms with Crippen LogP contribution in [-0.2, 0) is 0 Å². The summed E-state index contributed by atoms with van der Waals surface area (Å²) in [5, 5.41) is 0. The minimum absolute atomic E-state index is 0. The van der Waals surface area contributed by atoms with Gasteiger partial charge in [-0.15, -0.1) is 17.0 Å². The minimum atomic E-state index is -0.163. The first-order valence-electron chi connectivity index (χ1n) is 7.36. The van der Waals surface area contributed by atoms with Crippen molar-refractivity contribution in [2.24, 2.45) is 0 Å². The Kier molecular flexibility index (Phi) is 6.05. The lowest BCUT2D eigenvalue weighted by Crippen LogP contribution is -2.23. The summed E-state index contributed by atoms with van der Waals surface area (Å²) in [7, 11) is 3.93. The topological polar surface area (TPSA) is 59.7 Å². The van der Waals surface area contributed by atoms with Gasteiger partial charge in [0.2, 0.25) is 5.88 Å². The Morgan fingerprint density at radius 2 is 1.96 bits per heavy atom. The van der Waals surface area contributed by atoms with Gasteiger partial charge in [0.1, 0.15) is 12.2 Å². The SMILES string of the molecule is Br.CN(C)CCOc1nc2cnccn2c(=O)c1-c1ccccc1. The molecule has 2 aromatic heterocycles. The molecule has 0 spiro atoms. The number of likely N-dealkylation sites (N-methyl/N-ethyl adjacent to an activating group) is 1. The number of benzene rings is 1. The molecule has 0 aliphatic rings. The highest BCUT2D eigenvalue weighted by atomic mass is 79.9. The number of ether oxygens (including phenoxy) is 1.